The minimum absolute atomic E-state index is 0.188. The van der Waals surface area contributed by atoms with Crippen molar-refractivity contribution in [3.63, 3.8) is 0 Å². The molecule has 4 atom stereocenters. The van der Waals surface area contributed by atoms with E-state index in [4.69, 9.17) is 9.47 Å². The molecular weight excluding hydrogens is 268 g/mol. The van der Waals surface area contributed by atoms with Gasteiger partial charge in [-0.05, 0) is 13.8 Å². The Balaban J connectivity index is 2.92. The van der Waals surface area contributed by atoms with Crippen molar-refractivity contribution in [1.29, 1.82) is 0 Å². The molecule has 0 radical (unpaired) electrons. The highest BCUT2D eigenvalue weighted by molar-refractivity contribution is 8.00. The Kier molecular flexibility index (Phi) is 5.85. The fourth-order valence-electron chi connectivity index (χ4n) is 2.23. The molecule has 0 saturated carbocycles. The topological polar surface area (TPSA) is 69.7 Å². The third kappa shape index (κ3) is 3.49. The van der Waals surface area contributed by atoms with Gasteiger partial charge < -0.3 is 9.47 Å². The van der Waals surface area contributed by atoms with Crippen LogP contribution < -0.4 is 0 Å². The Morgan fingerprint density at radius 3 is 1.68 bits per heavy atom. The number of ether oxygens (including phenoxy) is 2. The average Bonchev–Trinajstić information content (AvgIpc) is 2.28. The van der Waals surface area contributed by atoms with Gasteiger partial charge in [0.05, 0.1) is 13.2 Å². The van der Waals surface area contributed by atoms with E-state index in [0.29, 0.717) is 0 Å². The summed E-state index contributed by atoms with van der Waals surface area (Å²) in [6, 6.07) is 0. The van der Waals surface area contributed by atoms with Crippen molar-refractivity contribution in [2.24, 2.45) is 11.8 Å². The molecule has 5 nitrogen and oxygen atoms in total. The van der Waals surface area contributed by atoms with Crippen LogP contribution >= 0.6 is 11.8 Å². The number of rotatable bonds is 4. The zero-order valence-corrected chi connectivity index (χ0v) is 12.5. The number of ketones is 1. The van der Waals surface area contributed by atoms with Gasteiger partial charge in [0.15, 0.2) is 5.78 Å². The molecule has 0 aromatic heterocycles. The Morgan fingerprint density at radius 2 is 1.37 bits per heavy atom. The zero-order valence-electron chi connectivity index (χ0n) is 11.7. The molecule has 0 spiro atoms. The molecule has 1 aliphatic rings. The lowest BCUT2D eigenvalue weighted by molar-refractivity contribution is -0.157. The molecule has 0 bridgehead atoms. The average molecular weight is 288 g/mol. The van der Waals surface area contributed by atoms with Gasteiger partial charge in [-0.2, -0.15) is 11.8 Å². The molecule has 1 saturated heterocycles. The monoisotopic (exact) mass is 288 g/mol. The minimum atomic E-state index is -0.879. The number of carbonyl (C=O) groups excluding carboxylic acids is 3. The molecule has 1 aliphatic heterocycles. The maximum absolute atomic E-state index is 12.4. The van der Waals surface area contributed by atoms with Crippen molar-refractivity contribution >= 4 is 29.5 Å². The second-order valence-electron chi connectivity index (χ2n) is 4.41. The van der Waals surface area contributed by atoms with Crippen LogP contribution in [0.25, 0.3) is 0 Å². The Morgan fingerprint density at radius 1 is 1.00 bits per heavy atom. The first kappa shape index (κ1) is 16.0. The van der Waals surface area contributed by atoms with Crippen LogP contribution in [0.4, 0.5) is 0 Å². The third-order valence-electron chi connectivity index (χ3n) is 3.06. The molecule has 6 heteroatoms. The Bertz CT molecular complexity index is 336. The van der Waals surface area contributed by atoms with Crippen LogP contribution in [0.1, 0.15) is 27.7 Å². The largest absolute Gasteiger partial charge is 0.465 e. The summed E-state index contributed by atoms with van der Waals surface area (Å²) < 4.78 is 9.84. The first-order valence-electron chi connectivity index (χ1n) is 6.46. The maximum Gasteiger partial charge on any atom is 0.317 e. The highest BCUT2D eigenvalue weighted by Gasteiger charge is 2.48. The van der Waals surface area contributed by atoms with Crippen LogP contribution in [-0.2, 0) is 23.9 Å². The van der Waals surface area contributed by atoms with Gasteiger partial charge in [0.25, 0.3) is 0 Å². The van der Waals surface area contributed by atoms with Gasteiger partial charge in [-0.3, -0.25) is 14.4 Å². The van der Waals surface area contributed by atoms with Crippen LogP contribution in [0, 0.1) is 11.8 Å². The quantitative estimate of drug-likeness (QED) is 0.576. The minimum Gasteiger partial charge on any atom is -0.465 e. The molecule has 0 amide bonds. The molecule has 0 unspecified atom stereocenters. The van der Waals surface area contributed by atoms with Crippen molar-refractivity contribution < 1.29 is 23.9 Å². The molecule has 1 rings (SSSR count). The van der Waals surface area contributed by atoms with Crippen molar-refractivity contribution in [3.8, 4) is 0 Å². The summed E-state index contributed by atoms with van der Waals surface area (Å²) >= 11 is 1.45. The number of hydrogen-bond acceptors (Lipinski definition) is 6. The van der Waals surface area contributed by atoms with Gasteiger partial charge in [-0.1, -0.05) is 13.8 Å². The summed E-state index contributed by atoms with van der Waals surface area (Å²) in [6.45, 7) is 7.44. The molecular formula is C13H20O5S. The lowest BCUT2D eigenvalue weighted by Gasteiger charge is -2.34. The highest BCUT2D eigenvalue weighted by Crippen LogP contribution is 2.38. The normalized spacial score (nSPS) is 30.8. The highest BCUT2D eigenvalue weighted by atomic mass is 32.2. The van der Waals surface area contributed by atoms with Gasteiger partial charge in [-0.15, -0.1) is 0 Å². The number of esters is 2. The second kappa shape index (κ2) is 6.93. The molecule has 1 fully saturated rings. The van der Waals surface area contributed by atoms with Gasteiger partial charge >= 0.3 is 11.9 Å². The summed E-state index contributed by atoms with van der Waals surface area (Å²) in [5, 5.41) is -0.376. The van der Waals surface area contributed by atoms with Gasteiger partial charge in [-0.25, -0.2) is 0 Å². The van der Waals surface area contributed by atoms with Crippen molar-refractivity contribution in [3.05, 3.63) is 0 Å². The van der Waals surface area contributed by atoms with Crippen LogP contribution in [0.5, 0.6) is 0 Å². The van der Waals surface area contributed by atoms with E-state index in [0.717, 1.165) is 0 Å². The lowest BCUT2D eigenvalue weighted by atomic mass is 9.87. The van der Waals surface area contributed by atoms with Crippen molar-refractivity contribution in [2.45, 2.75) is 38.2 Å². The number of hydrogen-bond donors (Lipinski definition) is 0. The predicted molar refractivity (Wildman–Crippen MR) is 71.8 cm³/mol. The first-order chi connectivity index (χ1) is 8.93. The predicted octanol–water partition coefficient (Wildman–Crippen LogP) is 1.44. The van der Waals surface area contributed by atoms with Crippen molar-refractivity contribution in [2.75, 3.05) is 13.2 Å². The van der Waals surface area contributed by atoms with Crippen LogP contribution in [0.3, 0.4) is 0 Å². The first-order valence-corrected chi connectivity index (χ1v) is 7.40. The summed E-state index contributed by atoms with van der Waals surface area (Å²) in [6.07, 6.45) is 0. The molecule has 0 N–H and O–H groups in total. The SMILES string of the molecule is CCOC(=O)[C@@H]1C(=O)[C@H](C(=O)OCC)[C@H](C)S[C@H]1C. The van der Waals surface area contributed by atoms with Crippen LogP contribution in [0.15, 0.2) is 0 Å². The van der Waals surface area contributed by atoms with Gasteiger partial charge in [0, 0.05) is 10.5 Å². The molecule has 0 aromatic carbocycles. The smallest absolute Gasteiger partial charge is 0.317 e. The molecule has 0 aromatic rings. The van der Waals surface area contributed by atoms with E-state index >= 15 is 0 Å². The van der Waals surface area contributed by atoms with E-state index in [2.05, 4.69) is 0 Å². The van der Waals surface area contributed by atoms with E-state index in [1.165, 1.54) is 11.8 Å². The van der Waals surface area contributed by atoms with E-state index in [1.54, 1.807) is 13.8 Å². The van der Waals surface area contributed by atoms with Crippen LogP contribution in [0.2, 0.25) is 0 Å². The van der Waals surface area contributed by atoms with Crippen molar-refractivity contribution in [1.82, 2.24) is 0 Å². The zero-order chi connectivity index (χ0) is 14.6. The fraction of sp³-hybridized carbons (Fsp3) is 0.769. The summed E-state index contributed by atoms with van der Waals surface area (Å²) in [4.78, 5) is 36.1. The van der Waals surface area contributed by atoms with E-state index in [-0.39, 0.29) is 29.5 Å². The van der Waals surface area contributed by atoms with E-state index in [9.17, 15) is 14.4 Å². The number of Topliss-reactive ketones (excluding diaryl/α,β-unsaturated/α-hetero) is 1. The molecule has 0 aliphatic carbocycles. The fourth-order valence-corrected chi connectivity index (χ4v) is 3.71. The second-order valence-corrected chi connectivity index (χ2v) is 6.17. The molecule has 108 valence electrons. The van der Waals surface area contributed by atoms with Crippen LogP contribution in [-0.4, -0.2) is 41.4 Å². The van der Waals surface area contributed by atoms with Gasteiger partial charge in [0.1, 0.15) is 11.8 Å². The third-order valence-corrected chi connectivity index (χ3v) is 4.47. The maximum atomic E-state index is 12.4. The molecule has 1 heterocycles. The Labute approximate surface area is 117 Å². The summed E-state index contributed by atoms with van der Waals surface area (Å²) in [5.74, 6) is -3.23. The number of thioether (sulfide) groups is 1. The lowest BCUT2D eigenvalue weighted by Crippen LogP contribution is -2.48. The van der Waals surface area contributed by atoms with E-state index in [1.807, 2.05) is 13.8 Å². The standard InChI is InChI=1S/C13H20O5S/c1-5-17-12(15)9-7(3)19-8(4)10(11(9)14)13(16)18-6-2/h7-10H,5-6H2,1-4H3/t7-,8-,9-,10+/m0/s1. The Hall–Kier alpha value is -1.04. The van der Waals surface area contributed by atoms with Gasteiger partial charge in [0.2, 0.25) is 0 Å². The van der Waals surface area contributed by atoms with E-state index < -0.39 is 23.8 Å². The summed E-state index contributed by atoms with van der Waals surface area (Å²) in [7, 11) is 0. The summed E-state index contributed by atoms with van der Waals surface area (Å²) in [5.41, 5.74) is 0. The number of carbonyl (C=O) groups is 3. The molecule has 19 heavy (non-hydrogen) atoms.